The lowest BCUT2D eigenvalue weighted by atomic mass is 10.3. The van der Waals surface area contributed by atoms with E-state index in [-0.39, 0.29) is 11.3 Å². The van der Waals surface area contributed by atoms with Gasteiger partial charge in [0.25, 0.3) is 0 Å². The normalized spacial score (nSPS) is 27.9. The van der Waals surface area contributed by atoms with Crippen LogP contribution in [0.4, 0.5) is 0 Å². The van der Waals surface area contributed by atoms with Gasteiger partial charge in [-0.05, 0) is 31.4 Å². The van der Waals surface area contributed by atoms with Gasteiger partial charge in [0.1, 0.15) is 0 Å². The average molecular weight is 244 g/mol. The molecule has 1 aromatic rings. The van der Waals surface area contributed by atoms with Gasteiger partial charge >= 0.3 is 0 Å². The van der Waals surface area contributed by atoms with Crippen molar-refractivity contribution in [1.29, 1.82) is 0 Å². The van der Waals surface area contributed by atoms with Crippen LogP contribution in [0.15, 0.2) is 29.2 Å². The summed E-state index contributed by atoms with van der Waals surface area (Å²) in [5.41, 5.74) is 5.81. The fourth-order valence-electron chi connectivity index (χ4n) is 1.96. The van der Waals surface area contributed by atoms with E-state index < -0.39 is 10.8 Å². The van der Waals surface area contributed by atoms with Crippen molar-refractivity contribution in [3.63, 3.8) is 0 Å². The Morgan fingerprint density at radius 3 is 2.67 bits per heavy atom. The van der Waals surface area contributed by atoms with E-state index in [4.69, 9.17) is 17.3 Å². The van der Waals surface area contributed by atoms with Crippen LogP contribution in [0.3, 0.4) is 0 Å². The molecule has 0 radical (unpaired) electrons. The molecule has 0 bridgehead atoms. The highest BCUT2D eigenvalue weighted by Crippen LogP contribution is 2.29. The minimum absolute atomic E-state index is 0.180. The SMILES string of the molecule is NC1CCC(S(=O)c2ccccc2Cl)C1. The Kier molecular flexibility index (Phi) is 3.44. The third-order valence-electron chi connectivity index (χ3n) is 2.78. The summed E-state index contributed by atoms with van der Waals surface area (Å²) in [5.74, 6) is 0. The zero-order chi connectivity index (χ0) is 10.8. The molecular weight excluding hydrogens is 230 g/mol. The van der Waals surface area contributed by atoms with E-state index in [0.29, 0.717) is 5.02 Å². The van der Waals surface area contributed by atoms with Crippen LogP contribution in [0.5, 0.6) is 0 Å². The molecule has 15 heavy (non-hydrogen) atoms. The Bertz CT molecular complexity index is 383. The highest BCUT2D eigenvalue weighted by molar-refractivity contribution is 7.85. The minimum atomic E-state index is -1.00. The molecule has 0 aromatic heterocycles. The number of nitrogens with two attached hydrogens (primary N) is 1. The van der Waals surface area contributed by atoms with Crippen molar-refractivity contribution in [1.82, 2.24) is 0 Å². The van der Waals surface area contributed by atoms with Crippen LogP contribution in [-0.4, -0.2) is 15.5 Å². The monoisotopic (exact) mass is 243 g/mol. The second-order valence-corrected chi connectivity index (χ2v) is 6.03. The van der Waals surface area contributed by atoms with Crippen LogP contribution >= 0.6 is 11.6 Å². The summed E-state index contributed by atoms with van der Waals surface area (Å²) in [6.45, 7) is 0. The highest BCUT2D eigenvalue weighted by atomic mass is 35.5. The predicted octanol–water partition coefficient (Wildman–Crippen LogP) is 2.33. The molecule has 2 nitrogen and oxygen atoms in total. The molecule has 82 valence electrons. The summed E-state index contributed by atoms with van der Waals surface area (Å²) < 4.78 is 12.2. The Hall–Kier alpha value is -0.380. The fraction of sp³-hybridized carbons (Fsp3) is 0.455. The standard InChI is InChI=1S/C11H14ClNOS/c12-10-3-1-2-4-11(10)15(14)9-6-5-8(13)7-9/h1-4,8-9H,5-7,13H2. The number of hydrogen-bond acceptors (Lipinski definition) is 2. The molecule has 0 saturated heterocycles. The molecule has 1 saturated carbocycles. The van der Waals surface area contributed by atoms with Gasteiger partial charge in [0.15, 0.2) is 0 Å². The van der Waals surface area contributed by atoms with Crippen molar-refractivity contribution in [3.8, 4) is 0 Å². The molecule has 1 aliphatic rings. The van der Waals surface area contributed by atoms with Crippen molar-refractivity contribution < 1.29 is 4.21 Å². The van der Waals surface area contributed by atoms with Crippen molar-refractivity contribution in [2.75, 3.05) is 0 Å². The molecule has 2 N–H and O–H groups in total. The molecule has 0 spiro atoms. The second-order valence-electron chi connectivity index (χ2n) is 3.92. The maximum absolute atomic E-state index is 12.2. The lowest BCUT2D eigenvalue weighted by Gasteiger charge is -2.10. The third-order valence-corrected chi connectivity index (χ3v) is 5.05. The van der Waals surface area contributed by atoms with Crippen LogP contribution in [0.1, 0.15) is 19.3 Å². The number of halogens is 1. The van der Waals surface area contributed by atoms with E-state index in [1.807, 2.05) is 18.2 Å². The molecule has 1 fully saturated rings. The van der Waals surface area contributed by atoms with Gasteiger partial charge in [-0.25, -0.2) is 0 Å². The third kappa shape index (κ3) is 2.41. The topological polar surface area (TPSA) is 43.1 Å². The van der Waals surface area contributed by atoms with Gasteiger partial charge in [0.05, 0.1) is 20.7 Å². The first-order chi connectivity index (χ1) is 7.18. The largest absolute Gasteiger partial charge is 0.328 e. The first-order valence-electron chi connectivity index (χ1n) is 5.09. The predicted molar refractivity (Wildman–Crippen MR) is 63.5 cm³/mol. The quantitative estimate of drug-likeness (QED) is 0.867. The van der Waals surface area contributed by atoms with E-state index in [1.54, 1.807) is 6.07 Å². The van der Waals surface area contributed by atoms with Gasteiger partial charge in [0.2, 0.25) is 0 Å². The summed E-state index contributed by atoms with van der Waals surface area (Å²) in [7, 11) is -1.00. The summed E-state index contributed by atoms with van der Waals surface area (Å²) in [6.07, 6.45) is 2.76. The van der Waals surface area contributed by atoms with Crippen LogP contribution in [-0.2, 0) is 10.8 Å². The van der Waals surface area contributed by atoms with Crippen molar-refractivity contribution in [3.05, 3.63) is 29.3 Å². The first-order valence-corrected chi connectivity index (χ1v) is 6.68. The van der Waals surface area contributed by atoms with E-state index >= 15 is 0 Å². The van der Waals surface area contributed by atoms with Crippen LogP contribution in [0.25, 0.3) is 0 Å². The van der Waals surface area contributed by atoms with E-state index in [1.165, 1.54) is 0 Å². The molecule has 3 unspecified atom stereocenters. The molecule has 2 rings (SSSR count). The van der Waals surface area contributed by atoms with Crippen LogP contribution in [0.2, 0.25) is 5.02 Å². The van der Waals surface area contributed by atoms with E-state index in [9.17, 15) is 4.21 Å². The van der Waals surface area contributed by atoms with Gasteiger partial charge in [-0.3, -0.25) is 4.21 Å². The lowest BCUT2D eigenvalue weighted by molar-refractivity contribution is 0.664. The Balaban J connectivity index is 2.18. The number of hydrogen-bond donors (Lipinski definition) is 1. The van der Waals surface area contributed by atoms with E-state index in [0.717, 1.165) is 24.2 Å². The smallest absolute Gasteiger partial charge is 0.0577 e. The molecule has 1 aliphatic carbocycles. The highest BCUT2D eigenvalue weighted by Gasteiger charge is 2.28. The lowest BCUT2D eigenvalue weighted by Crippen LogP contribution is -2.18. The zero-order valence-electron chi connectivity index (χ0n) is 8.36. The maximum Gasteiger partial charge on any atom is 0.0577 e. The van der Waals surface area contributed by atoms with Gasteiger partial charge in [-0.15, -0.1) is 0 Å². The molecule has 0 heterocycles. The molecule has 1 aromatic carbocycles. The molecule has 0 aliphatic heterocycles. The molecule has 4 heteroatoms. The zero-order valence-corrected chi connectivity index (χ0v) is 9.93. The van der Waals surface area contributed by atoms with Gasteiger partial charge in [-0.2, -0.15) is 0 Å². The first kappa shape index (κ1) is 11.1. The molecule has 0 amide bonds. The van der Waals surface area contributed by atoms with Crippen molar-refractivity contribution >= 4 is 22.4 Å². The van der Waals surface area contributed by atoms with Crippen LogP contribution in [0, 0.1) is 0 Å². The Labute approximate surface area is 97.3 Å². The Morgan fingerprint density at radius 1 is 1.33 bits per heavy atom. The fourth-order valence-corrected chi connectivity index (χ4v) is 3.92. The van der Waals surface area contributed by atoms with E-state index in [2.05, 4.69) is 0 Å². The maximum atomic E-state index is 12.2. The molecular formula is C11H14ClNOS. The van der Waals surface area contributed by atoms with Gasteiger partial charge in [0, 0.05) is 11.3 Å². The van der Waals surface area contributed by atoms with Crippen molar-refractivity contribution in [2.24, 2.45) is 5.73 Å². The van der Waals surface area contributed by atoms with Gasteiger partial charge in [-0.1, -0.05) is 23.7 Å². The average Bonchev–Trinajstić information content (AvgIpc) is 2.65. The summed E-state index contributed by atoms with van der Waals surface area (Å²) in [5, 5.41) is 0.774. The summed E-state index contributed by atoms with van der Waals surface area (Å²) in [4.78, 5) is 0.748. The summed E-state index contributed by atoms with van der Waals surface area (Å²) >= 11 is 6.01. The number of benzene rings is 1. The molecule has 3 atom stereocenters. The summed E-state index contributed by atoms with van der Waals surface area (Å²) in [6, 6.07) is 7.55. The van der Waals surface area contributed by atoms with Crippen LogP contribution < -0.4 is 5.73 Å². The van der Waals surface area contributed by atoms with Gasteiger partial charge < -0.3 is 5.73 Å². The minimum Gasteiger partial charge on any atom is -0.328 e. The van der Waals surface area contributed by atoms with Crippen molar-refractivity contribution in [2.45, 2.75) is 35.4 Å². The second kappa shape index (κ2) is 4.64. The Morgan fingerprint density at radius 2 is 2.07 bits per heavy atom. The number of rotatable bonds is 2.